The van der Waals surface area contributed by atoms with Crippen LogP contribution in [0.15, 0.2) is 0 Å². The second-order valence-corrected chi connectivity index (χ2v) is 12.0. The van der Waals surface area contributed by atoms with Crippen molar-refractivity contribution in [2.45, 2.75) is 104 Å². The number of ether oxygens (including phenoxy) is 2. The van der Waals surface area contributed by atoms with Gasteiger partial charge in [0.25, 0.3) is 0 Å². The maximum Gasteiger partial charge on any atom is 0.305 e. The summed E-state index contributed by atoms with van der Waals surface area (Å²) in [6, 6.07) is 0. The molecule has 0 aromatic carbocycles. The summed E-state index contributed by atoms with van der Waals surface area (Å²) in [6.07, 6.45) is 13.1. The summed E-state index contributed by atoms with van der Waals surface area (Å²) in [6.45, 7) is 9.09. The highest BCUT2D eigenvalue weighted by Gasteiger charge is 2.60. The van der Waals surface area contributed by atoms with Crippen molar-refractivity contribution in [3.05, 3.63) is 0 Å². The first-order chi connectivity index (χ1) is 14.7. The highest BCUT2D eigenvalue weighted by Crippen LogP contribution is 2.68. The Morgan fingerprint density at radius 3 is 2.39 bits per heavy atom. The molecule has 0 aromatic heterocycles. The summed E-state index contributed by atoms with van der Waals surface area (Å²) < 4.78 is 10.5. The van der Waals surface area contributed by atoms with Crippen molar-refractivity contribution in [1.82, 2.24) is 0 Å². The molecule has 4 fully saturated rings. The SMILES string of the molecule is COC(=O)CC[C@H](C)[C@H]1CC[C@H]2[C@@H]3CC[C@H]4C[C@H](OC(C)=O)CC[C@]4(C)[C@H]3CC[C@]12C. The van der Waals surface area contributed by atoms with Crippen molar-refractivity contribution in [1.29, 1.82) is 0 Å². The number of carbonyl (C=O) groups is 2. The molecular formula is C27H44O4. The van der Waals surface area contributed by atoms with Gasteiger partial charge >= 0.3 is 11.9 Å². The lowest BCUT2D eigenvalue weighted by Gasteiger charge is -2.61. The van der Waals surface area contributed by atoms with E-state index in [1.165, 1.54) is 52.1 Å². The maximum atomic E-state index is 11.7. The number of esters is 2. The second-order valence-electron chi connectivity index (χ2n) is 12.0. The van der Waals surface area contributed by atoms with Gasteiger partial charge in [0, 0.05) is 13.3 Å². The molecule has 0 N–H and O–H groups in total. The van der Waals surface area contributed by atoms with E-state index < -0.39 is 0 Å². The van der Waals surface area contributed by atoms with E-state index in [0.29, 0.717) is 29.1 Å². The van der Waals surface area contributed by atoms with Crippen LogP contribution in [0, 0.1) is 46.3 Å². The second kappa shape index (κ2) is 8.71. The predicted molar refractivity (Wildman–Crippen MR) is 121 cm³/mol. The molecule has 0 amide bonds. The van der Waals surface area contributed by atoms with Gasteiger partial charge in [0.05, 0.1) is 7.11 Å². The van der Waals surface area contributed by atoms with Crippen molar-refractivity contribution in [2.24, 2.45) is 46.3 Å². The summed E-state index contributed by atoms with van der Waals surface area (Å²) >= 11 is 0. The Labute approximate surface area is 189 Å². The number of rotatable bonds is 5. The first-order valence-corrected chi connectivity index (χ1v) is 12.9. The van der Waals surface area contributed by atoms with Crippen molar-refractivity contribution in [3.8, 4) is 0 Å². The summed E-state index contributed by atoms with van der Waals surface area (Å²) in [4.78, 5) is 23.2. The molecule has 4 rings (SSSR count). The third-order valence-corrected chi connectivity index (χ3v) is 10.7. The van der Waals surface area contributed by atoms with E-state index in [0.717, 1.165) is 42.9 Å². The van der Waals surface area contributed by atoms with Crippen molar-refractivity contribution < 1.29 is 19.1 Å². The Hall–Kier alpha value is -1.06. The zero-order valence-corrected chi connectivity index (χ0v) is 20.5. The van der Waals surface area contributed by atoms with Crippen LogP contribution in [0.5, 0.6) is 0 Å². The lowest BCUT2D eigenvalue weighted by Crippen LogP contribution is -2.54. The molecule has 4 aliphatic rings. The van der Waals surface area contributed by atoms with Crippen LogP contribution in [0.1, 0.15) is 98.3 Å². The summed E-state index contributed by atoms with van der Waals surface area (Å²) in [5.74, 6) is 4.42. The lowest BCUT2D eigenvalue weighted by molar-refractivity contribution is -0.160. The minimum Gasteiger partial charge on any atom is -0.469 e. The zero-order valence-electron chi connectivity index (χ0n) is 20.5. The van der Waals surface area contributed by atoms with Gasteiger partial charge < -0.3 is 9.47 Å². The molecule has 176 valence electrons. The molecule has 31 heavy (non-hydrogen) atoms. The van der Waals surface area contributed by atoms with Crippen molar-refractivity contribution in [3.63, 3.8) is 0 Å². The third-order valence-electron chi connectivity index (χ3n) is 10.7. The van der Waals surface area contributed by atoms with E-state index in [9.17, 15) is 9.59 Å². The van der Waals surface area contributed by atoms with Crippen molar-refractivity contribution >= 4 is 11.9 Å². The summed E-state index contributed by atoms with van der Waals surface area (Å²) in [7, 11) is 1.50. The lowest BCUT2D eigenvalue weighted by atomic mass is 9.44. The van der Waals surface area contributed by atoms with Gasteiger partial charge in [-0.15, -0.1) is 0 Å². The molecule has 4 nitrogen and oxygen atoms in total. The fraction of sp³-hybridized carbons (Fsp3) is 0.926. The molecule has 0 heterocycles. The van der Waals surface area contributed by atoms with Crippen LogP contribution in [-0.4, -0.2) is 25.2 Å². The standard InChI is InChI=1S/C27H44O4/c1-17(6-11-25(29)30-5)22-9-10-23-21-8-7-19-16-20(31-18(2)28)12-14-26(19,3)24(21)13-15-27(22,23)4/h17,19-24H,6-16H2,1-5H3/t17-,19-,20+,21-,22+,23-,24-,26-,27+/m0/s1. The van der Waals surface area contributed by atoms with Crippen LogP contribution in [0.4, 0.5) is 0 Å². The Morgan fingerprint density at radius 2 is 1.68 bits per heavy atom. The van der Waals surface area contributed by atoms with Gasteiger partial charge in [0.2, 0.25) is 0 Å². The molecule has 0 aliphatic heterocycles. The van der Waals surface area contributed by atoms with E-state index in [1.54, 1.807) is 6.92 Å². The number of carbonyl (C=O) groups excluding carboxylic acids is 2. The summed E-state index contributed by atoms with van der Waals surface area (Å²) in [5, 5.41) is 0. The van der Waals surface area contributed by atoms with Crippen LogP contribution >= 0.6 is 0 Å². The average molecular weight is 433 g/mol. The number of fused-ring (bicyclic) bond motifs is 5. The first-order valence-electron chi connectivity index (χ1n) is 12.9. The van der Waals surface area contributed by atoms with Gasteiger partial charge in [-0.2, -0.15) is 0 Å². The molecular weight excluding hydrogens is 388 g/mol. The molecule has 4 aliphatic carbocycles. The van der Waals surface area contributed by atoms with Gasteiger partial charge in [-0.1, -0.05) is 20.8 Å². The van der Waals surface area contributed by atoms with E-state index in [1.807, 2.05) is 0 Å². The molecule has 9 atom stereocenters. The third kappa shape index (κ3) is 4.06. The Morgan fingerprint density at radius 1 is 0.968 bits per heavy atom. The fourth-order valence-corrected chi connectivity index (χ4v) is 9.18. The molecule has 4 heteroatoms. The van der Waals surface area contributed by atoms with Crippen LogP contribution < -0.4 is 0 Å². The van der Waals surface area contributed by atoms with E-state index in [4.69, 9.17) is 9.47 Å². The predicted octanol–water partition coefficient (Wildman–Crippen LogP) is 6.17. The first kappa shape index (κ1) is 23.1. The number of hydrogen-bond donors (Lipinski definition) is 0. The molecule has 0 bridgehead atoms. The van der Waals surface area contributed by atoms with Crippen LogP contribution in [0.25, 0.3) is 0 Å². The van der Waals surface area contributed by atoms with Crippen LogP contribution in [0.2, 0.25) is 0 Å². The van der Waals surface area contributed by atoms with Crippen molar-refractivity contribution in [2.75, 3.05) is 7.11 Å². The highest BCUT2D eigenvalue weighted by molar-refractivity contribution is 5.69. The molecule has 0 radical (unpaired) electrons. The number of hydrogen-bond acceptors (Lipinski definition) is 4. The van der Waals surface area contributed by atoms with E-state index in [-0.39, 0.29) is 18.0 Å². The molecule has 0 aromatic rings. The monoisotopic (exact) mass is 432 g/mol. The fourth-order valence-electron chi connectivity index (χ4n) is 9.18. The summed E-state index contributed by atoms with van der Waals surface area (Å²) in [5.41, 5.74) is 0.865. The van der Waals surface area contributed by atoms with E-state index in [2.05, 4.69) is 20.8 Å². The van der Waals surface area contributed by atoms with Gasteiger partial charge in [-0.3, -0.25) is 9.59 Å². The quantitative estimate of drug-likeness (QED) is 0.488. The maximum absolute atomic E-state index is 11.7. The van der Waals surface area contributed by atoms with Crippen LogP contribution in [-0.2, 0) is 19.1 Å². The Kier molecular flexibility index (Phi) is 6.49. The highest BCUT2D eigenvalue weighted by atomic mass is 16.5. The topological polar surface area (TPSA) is 52.6 Å². The molecule has 0 unspecified atom stereocenters. The molecule has 4 saturated carbocycles. The average Bonchev–Trinajstić information content (AvgIpc) is 3.09. The smallest absolute Gasteiger partial charge is 0.305 e. The minimum atomic E-state index is -0.117. The molecule has 0 saturated heterocycles. The Bertz CT molecular complexity index is 689. The Balaban J connectivity index is 1.45. The van der Waals surface area contributed by atoms with Gasteiger partial charge in [0.15, 0.2) is 0 Å². The number of methoxy groups -OCH3 is 1. The minimum absolute atomic E-state index is 0.0640. The van der Waals surface area contributed by atoms with Gasteiger partial charge in [-0.25, -0.2) is 0 Å². The van der Waals surface area contributed by atoms with Gasteiger partial charge in [-0.05, 0) is 111 Å². The van der Waals surface area contributed by atoms with Crippen LogP contribution in [0.3, 0.4) is 0 Å². The zero-order chi connectivity index (χ0) is 22.4. The van der Waals surface area contributed by atoms with Gasteiger partial charge in [0.1, 0.15) is 6.10 Å². The van der Waals surface area contributed by atoms with E-state index >= 15 is 0 Å². The normalized spacial score (nSPS) is 45.1. The largest absolute Gasteiger partial charge is 0.469 e. The molecule has 0 spiro atoms.